The Balaban J connectivity index is 3.35. The Bertz CT molecular complexity index is 343. The Morgan fingerprint density at radius 1 is 1.73 bits per heavy atom. The highest BCUT2D eigenvalue weighted by Crippen LogP contribution is 2.10. The molecule has 0 unspecified atom stereocenters. The van der Waals surface area contributed by atoms with E-state index in [2.05, 4.69) is 27.5 Å². The van der Waals surface area contributed by atoms with Crippen LogP contribution in [0.2, 0.25) is 0 Å². The minimum Gasteiger partial charge on any atom is -0.508 e. The number of aliphatic hydroxyl groups excluding tert-OH is 1. The predicted octanol–water partition coefficient (Wildman–Crippen LogP) is 1.67. The fourth-order valence-corrected chi connectivity index (χ4v) is 1.02. The van der Waals surface area contributed by atoms with Crippen molar-refractivity contribution in [1.29, 1.82) is 0 Å². The molecule has 4 heteroatoms. The van der Waals surface area contributed by atoms with Crippen LogP contribution in [0.1, 0.15) is 5.56 Å². The van der Waals surface area contributed by atoms with Crippen LogP contribution < -0.4 is 5.56 Å². The molecule has 1 rings (SSSR count). The molecular weight excluding hydrogens is 210 g/mol. The zero-order chi connectivity index (χ0) is 8.43. The van der Waals surface area contributed by atoms with Gasteiger partial charge in [-0.05, 0) is 22.0 Å². The summed E-state index contributed by atoms with van der Waals surface area (Å²) in [5.41, 5.74) is -0.167. The quantitative estimate of drug-likeness (QED) is 0.701. The molecule has 0 radical (unpaired) electrons. The van der Waals surface area contributed by atoms with E-state index in [-0.39, 0.29) is 16.9 Å². The second kappa shape index (κ2) is 2.92. The van der Waals surface area contributed by atoms with Crippen LogP contribution in [0.3, 0.4) is 0 Å². The average Bonchev–Trinajstić information content (AvgIpc) is 1.94. The molecule has 0 aliphatic heterocycles. The predicted molar refractivity (Wildman–Crippen MR) is 46.4 cm³/mol. The van der Waals surface area contributed by atoms with Gasteiger partial charge in [-0.15, -0.1) is 0 Å². The largest absolute Gasteiger partial charge is 0.508 e. The third-order valence-corrected chi connectivity index (χ3v) is 1.64. The summed E-state index contributed by atoms with van der Waals surface area (Å²) >= 11 is 3.14. The lowest BCUT2D eigenvalue weighted by molar-refractivity contribution is 0.512. The molecule has 0 aromatic carbocycles. The van der Waals surface area contributed by atoms with Gasteiger partial charge in [0.15, 0.2) is 0 Å². The molecule has 0 aliphatic carbocycles. The molecule has 1 heterocycles. The van der Waals surface area contributed by atoms with Crippen molar-refractivity contribution >= 4 is 21.7 Å². The maximum absolute atomic E-state index is 10.9. The molecular formula is C7H6BrNO2. The van der Waals surface area contributed by atoms with Crippen LogP contribution in [0.4, 0.5) is 0 Å². The van der Waals surface area contributed by atoms with Crippen molar-refractivity contribution in [3.63, 3.8) is 0 Å². The van der Waals surface area contributed by atoms with Gasteiger partial charge in [-0.25, -0.2) is 0 Å². The zero-order valence-electron chi connectivity index (χ0n) is 5.60. The van der Waals surface area contributed by atoms with Crippen molar-refractivity contribution in [2.24, 2.45) is 0 Å². The molecule has 0 atom stereocenters. The minimum absolute atomic E-state index is 0.180. The SMILES string of the molecule is C=C(O)c1cc(Br)c[nH]c1=O. The van der Waals surface area contributed by atoms with Gasteiger partial charge in [-0.2, -0.15) is 0 Å². The summed E-state index contributed by atoms with van der Waals surface area (Å²) in [5, 5.41) is 8.89. The van der Waals surface area contributed by atoms with Crippen molar-refractivity contribution in [3.8, 4) is 0 Å². The highest BCUT2D eigenvalue weighted by Gasteiger charge is 2.01. The fraction of sp³-hybridized carbons (Fsp3) is 0. The number of aromatic nitrogens is 1. The number of hydrogen-bond donors (Lipinski definition) is 2. The molecule has 3 nitrogen and oxygen atoms in total. The first-order valence-corrected chi connectivity index (χ1v) is 3.67. The molecule has 0 amide bonds. The van der Waals surface area contributed by atoms with E-state index < -0.39 is 0 Å². The van der Waals surface area contributed by atoms with Crippen LogP contribution in [0.5, 0.6) is 0 Å². The van der Waals surface area contributed by atoms with E-state index in [4.69, 9.17) is 5.11 Å². The normalized spacial score (nSPS) is 9.55. The topological polar surface area (TPSA) is 53.1 Å². The monoisotopic (exact) mass is 215 g/mol. The lowest BCUT2D eigenvalue weighted by Crippen LogP contribution is -2.10. The Hall–Kier alpha value is -1.03. The molecule has 58 valence electrons. The zero-order valence-corrected chi connectivity index (χ0v) is 7.18. The first-order chi connectivity index (χ1) is 5.11. The first-order valence-electron chi connectivity index (χ1n) is 2.87. The van der Waals surface area contributed by atoms with Gasteiger partial charge in [0.1, 0.15) is 5.76 Å². The molecule has 0 saturated heterocycles. The van der Waals surface area contributed by atoms with E-state index in [0.29, 0.717) is 4.47 Å². The molecule has 0 fully saturated rings. The van der Waals surface area contributed by atoms with Gasteiger partial charge >= 0.3 is 0 Å². The molecule has 1 aromatic heterocycles. The number of H-pyrrole nitrogens is 1. The van der Waals surface area contributed by atoms with Gasteiger partial charge in [0.25, 0.3) is 5.56 Å². The smallest absolute Gasteiger partial charge is 0.259 e. The Kier molecular flexibility index (Phi) is 2.14. The molecule has 0 spiro atoms. The Morgan fingerprint density at radius 2 is 2.36 bits per heavy atom. The van der Waals surface area contributed by atoms with Gasteiger partial charge in [-0.3, -0.25) is 4.79 Å². The van der Waals surface area contributed by atoms with Crippen LogP contribution in [0, 0.1) is 0 Å². The third kappa shape index (κ3) is 1.71. The van der Waals surface area contributed by atoms with E-state index in [9.17, 15) is 4.79 Å². The second-order valence-electron chi connectivity index (χ2n) is 2.01. The van der Waals surface area contributed by atoms with E-state index in [1.807, 2.05) is 0 Å². The van der Waals surface area contributed by atoms with Gasteiger partial charge < -0.3 is 10.1 Å². The van der Waals surface area contributed by atoms with Crippen LogP contribution in [-0.2, 0) is 0 Å². The van der Waals surface area contributed by atoms with Crippen molar-refractivity contribution in [1.82, 2.24) is 4.98 Å². The summed E-state index contributed by atoms with van der Waals surface area (Å²) in [5.74, 6) is -0.229. The molecule has 1 aromatic rings. The minimum atomic E-state index is -0.347. The highest BCUT2D eigenvalue weighted by atomic mass is 79.9. The van der Waals surface area contributed by atoms with Crippen LogP contribution in [-0.4, -0.2) is 10.1 Å². The van der Waals surface area contributed by atoms with Gasteiger partial charge in [0, 0.05) is 10.7 Å². The average molecular weight is 216 g/mol. The standard InChI is InChI=1S/C7H6BrNO2/c1-4(10)6-2-5(8)3-9-7(6)11/h2-3,10H,1H2,(H,9,11). The first kappa shape index (κ1) is 8.07. The lowest BCUT2D eigenvalue weighted by Gasteiger charge is -1.96. The second-order valence-corrected chi connectivity index (χ2v) is 2.92. The molecule has 0 aliphatic rings. The number of rotatable bonds is 1. The lowest BCUT2D eigenvalue weighted by atomic mass is 10.2. The summed E-state index contributed by atoms with van der Waals surface area (Å²) in [4.78, 5) is 13.3. The third-order valence-electron chi connectivity index (χ3n) is 1.18. The fourth-order valence-electron chi connectivity index (χ4n) is 0.672. The van der Waals surface area contributed by atoms with Crippen molar-refractivity contribution in [2.75, 3.05) is 0 Å². The van der Waals surface area contributed by atoms with Crippen LogP contribution in [0.25, 0.3) is 5.76 Å². The highest BCUT2D eigenvalue weighted by molar-refractivity contribution is 9.10. The number of halogens is 1. The number of hydrogen-bond acceptors (Lipinski definition) is 2. The van der Waals surface area contributed by atoms with Crippen LogP contribution in [0.15, 0.2) is 28.1 Å². The molecule has 0 bridgehead atoms. The Labute approximate surface area is 71.5 Å². The van der Waals surface area contributed by atoms with Gasteiger partial charge in [0.05, 0.1) is 5.56 Å². The van der Waals surface area contributed by atoms with Gasteiger partial charge in [-0.1, -0.05) is 6.58 Å². The van der Waals surface area contributed by atoms with Crippen LogP contribution >= 0.6 is 15.9 Å². The van der Waals surface area contributed by atoms with E-state index in [0.717, 1.165) is 0 Å². The number of aliphatic hydroxyl groups is 1. The summed E-state index contributed by atoms with van der Waals surface area (Å²) in [7, 11) is 0. The van der Waals surface area contributed by atoms with Crippen molar-refractivity contribution in [3.05, 3.63) is 39.2 Å². The molecule has 11 heavy (non-hydrogen) atoms. The number of nitrogens with one attached hydrogen (secondary N) is 1. The van der Waals surface area contributed by atoms with E-state index in [1.165, 1.54) is 12.3 Å². The van der Waals surface area contributed by atoms with E-state index in [1.54, 1.807) is 0 Å². The van der Waals surface area contributed by atoms with Gasteiger partial charge in [0.2, 0.25) is 0 Å². The Morgan fingerprint density at radius 3 is 2.82 bits per heavy atom. The maximum Gasteiger partial charge on any atom is 0.259 e. The number of aromatic amines is 1. The molecule has 0 saturated carbocycles. The van der Waals surface area contributed by atoms with Crippen molar-refractivity contribution < 1.29 is 5.11 Å². The van der Waals surface area contributed by atoms with E-state index >= 15 is 0 Å². The summed E-state index contributed by atoms with van der Waals surface area (Å²) in [6.07, 6.45) is 1.49. The van der Waals surface area contributed by atoms with Crippen molar-refractivity contribution in [2.45, 2.75) is 0 Å². The summed E-state index contributed by atoms with van der Waals surface area (Å²) in [6, 6.07) is 1.50. The number of pyridine rings is 1. The summed E-state index contributed by atoms with van der Waals surface area (Å²) in [6.45, 7) is 3.24. The summed E-state index contributed by atoms with van der Waals surface area (Å²) < 4.78 is 0.697. The maximum atomic E-state index is 10.9. The molecule has 2 N–H and O–H groups in total.